The minimum Gasteiger partial charge on any atom is -0.332 e. The number of anilines is 1. The van der Waals surface area contributed by atoms with E-state index in [0.717, 1.165) is 22.5 Å². The standard InChI is InChI=1S/C27H23N5O2S/c1-18(26(34)28-22-17-23(33)32(31-22)21-15-9-4-10-16-21)35-27-29-24(19-11-5-2-6-12-19)25(30-27)20-13-7-3-8-14-20/h2-18,31H,1H3,(H,28,34)(H,29,30). The van der Waals surface area contributed by atoms with E-state index >= 15 is 0 Å². The Morgan fingerprint density at radius 1 is 0.914 bits per heavy atom. The number of imidazole rings is 1. The molecule has 0 radical (unpaired) electrons. The molecule has 1 atom stereocenters. The second kappa shape index (κ2) is 9.90. The number of benzene rings is 3. The molecule has 0 spiro atoms. The molecular weight excluding hydrogens is 458 g/mol. The summed E-state index contributed by atoms with van der Waals surface area (Å²) in [6, 6.07) is 30.5. The van der Waals surface area contributed by atoms with Crippen molar-refractivity contribution in [3.05, 3.63) is 107 Å². The summed E-state index contributed by atoms with van der Waals surface area (Å²) in [6.45, 7) is 1.80. The number of carbonyl (C=O) groups is 1. The second-order valence-corrected chi connectivity index (χ2v) is 9.26. The lowest BCUT2D eigenvalue weighted by Crippen LogP contribution is -2.22. The summed E-state index contributed by atoms with van der Waals surface area (Å²) in [7, 11) is 0. The van der Waals surface area contributed by atoms with Crippen molar-refractivity contribution in [2.45, 2.75) is 17.3 Å². The Labute approximate surface area is 206 Å². The van der Waals surface area contributed by atoms with Crippen molar-refractivity contribution < 1.29 is 4.79 Å². The maximum atomic E-state index is 12.9. The molecule has 0 saturated carbocycles. The van der Waals surface area contributed by atoms with Gasteiger partial charge in [-0.3, -0.25) is 14.7 Å². The summed E-state index contributed by atoms with van der Waals surface area (Å²) in [5.74, 6) is 0.0982. The van der Waals surface area contributed by atoms with Crippen molar-refractivity contribution in [1.29, 1.82) is 0 Å². The van der Waals surface area contributed by atoms with Gasteiger partial charge in [-0.25, -0.2) is 9.67 Å². The topological polar surface area (TPSA) is 95.6 Å². The Kier molecular flexibility index (Phi) is 6.36. The van der Waals surface area contributed by atoms with Crippen LogP contribution in [0, 0.1) is 0 Å². The average molecular weight is 482 g/mol. The zero-order valence-corrected chi connectivity index (χ0v) is 19.8. The number of carbonyl (C=O) groups excluding carboxylic acids is 1. The van der Waals surface area contributed by atoms with Crippen LogP contribution in [0.1, 0.15) is 6.92 Å². The van der Waals surface area contributed by atoms with Crippen molar-refractivity contribution in [3.8, 4) is 28.2 Å². The zero-order chi connectivity index (χ0) is 24.2. The minimum absolute atomic E-state index is 0.240. The third-order valence-electron chi connectivity index (χ3n) is 5.44. The van der Waals surface area contributed by atoms with Crippen LogP contribution in [-0.2, 0) is 4.79 Å². The largest absolute Gasteiger partial charge is 0.332 e. The smallest absolute Gasteiger partial charge is 0.273 e. The van der Waals surface area contributed by atoms with Gasteiger partial charge in [-0.1, -0.05) is 90.6 Å². The van der Waals surface area contributed by atoms with Crippen LogP contribution >= 0.6 is 11.8 Å². The fourth-order valence-electron chi connectivity index (χ4n) is 3.71. The highest BCUT2D eigenvalue weighted by Gasteiger charge is 2.20. The SMILES string of the molecule is CC(Sc1nc(-c2ccccc2)c(-c2ccccc2)[nH]1)C(=O)Nc1cc(=O)n(-c2ccccc2)[nH]1. The predicted octanol–water partition coefficient (Wildman–Crippen LogP) is 5.34. The predicted molar refractivity (Wildman–Crippen MR) is 140 cm³/mol. The molecule has 2 heterocycles. The van der Waals surface area contributed by atoms with Gasteiger partial charge in [-0.2, -0.15) is 0 Å². The summed E-state index contributed by atoms with van der Waals surface area (Å²) in [4.78, 5) is 33.5. The monoisotopic (exact) mass is 481 g/mol. The van der Waals surface area contributed by atoms with Crippen molar-refractivity contribution in [1.82, 2.24) is 19.7 Å². The van der Waals surface area contributed by atoms with Gasteiger partial charge in [0.25, 0.3) is 5.56 Å². The van der Waals surface area contributed by atoms with Crippen LogP contribution in [0.5, 0.6) is 0 Å². The Hall–Kier alpha value is -4.30. The van der Waals surface area contributed by atoms with Crippen molar-refractivity contribution in [2.75, 3.05) is 5.32 Å². The first-order valence-electron chi connectivity index (χ1n) is 11.1. The first-order valence-corrected chi connectivity index (χ1v) is 12.0. The Balaban J connectivity index is 1.35. The molecule has 0 fully saturated rings. The number of amides is 1. The molecule has 0 saturated heterocycles. The van der Waals surface area contributed by atoms with Gasteiger partial charge in [0, 0.05) is 17.2 Å². The van der Waals surface area contributed by atoms with Crippen molar-refractivity contribution in [3.63, 3.8) is 0 Å². The number of nitrogens with zero attached hydrogens (tertiary/aromatic N) is 2. The number of rotatable bonds is 7. The number of nitrogens with one attached hydrogen (secondary N) is 3. The minimum atomic E-state index is -0.461. The van der Waals surface area contributed by atoms with Gasteiger partial charge in [-0.15, -0.1) is 0 Å². The number of aromatic nitrogens is 4. The van der Waals surface area contributed by atoms with Gasteiger partial charge in [0.05, 0.1) is 22.3 Å². The maximum Gasteiger partial charge on any atom is 0.273 e. The molecule has 8 heteroatoms. The van der Waals surface area contributed by atoms with Crippen LogP contribution in [0.25, 0.3) is 28.2 Å². The summed E-state index contributed by atoms with van der Waals surface area (Å²) in [5, 5.41) is 5.92. The molecule has 0 aliphatic heterocycles. The fraction of sp³-hybridized carbons (Fsp3) is 0.0741. The van der Waals surface area contributed by atoms with Gasteiger partial charge in [0.2, 0.25) is 5.91 Å². The molecule has 3 aromatic carbocycles. The number of aromatic amines is 2. The van der Waals surface area contributed by atoms with Crippen LogP contribution in [-0.4, -0.2) is 30.9 Å². The number of H-pyrrole nitrogens is 2. The number of hydrogen-bond acceptors (Lipinski definition) is 4. The molecule has 174 valence electrons. The summed E-state index contributed by atoms with van der Waals surface area (Å²) >= 11 is 1.33. The van der Waals surface area contributed by atoms with E-state index in [-0.39, 0.29) is 11.5 Å². The molecule has 5 rings (SSSR count). The van der Waals surface area contributed by atoms with E-state index in [4.69, 9.17) is 4.98 Å². The van der Waals surface area contributed by atoms with Crippen molar-refractivity contribution >= 4 is 23.5 Å². The Morgan fingerprint density at radius 3 is 2.17 bits per heavy atom. The zero-order valence-electron chi connectivity index (χ0n) is 18.9. The Morgan fingerprint density at radius 2 is 1.51 bits per heavy atom. The number of thioether (sulfide) groups is 1. The normalized spacial score (nSPS) is 11.8. The molecule has 0 bridgehead atoms. The number of para-hydroxylation sites is 1. The van der Waals surface area contributed by atoms with E-state index in [1.54, 1.807) is 6.92 Å². The van der Waals surface area contributed by atoms with Gasteiger partial charge in [-0.05, 0) is 19.1 Å². The lowest BCUT2D eigenvalue weighted by atomic mass is 10.1. The van der Waals surface area contributed by atoms with E-state index in [2.05, 4.69) is 15.4 Å². The van der Waals surface area contributed by atoms with E-state index in [9.17, 15) is 9.59 Å². The van der Waals surface area contributed by atoms with E-state index < -0.39 is 5.25 Å². The second-order valence-electron chi connectivity index (χ2n) is 7.93. The van der Waals surface area contributed by atoms with Crippen LogP contribution in [0.4, 0.5) is 5.82 Å². The summed E-state index contributed by atoms with van der Waals surface area (Å²) < 4.78 is 1.39. The molecule has 1 amide bonds. The van der Waals surface area contributed by atoms with Crippen LogP contribution in [0.2, 0.25) is 0 Å². The van der Waals surface area contributed by atoms with Crippen molar-refractivity contribution in [2.24, 2.45) is 0 Å². The molecule has 0 aliphatic carbocycles. The van der Waals surface area contributed by atoms with E-state index in [1.165, 1.54) is 22.5 Å². The molecule has 5 aromatic rings. The molecule has 3 N–H and O–H groups in total. The molecule has 2 aromatic heterocycles. The quantitative estimate of drug-likeness (QED) is 0.273. The van der Waals surface area contributed by atoms with Gasteiger partial charge in [0.15, 0.2) is 5.16 Å². The molecule has 0 aliphatic rings. The highest BCUT2D eigenvalue weighted by Crippen LogP contribution is 2.33. The molecule has 1 unspecified atom stereocenters. The van der Waals surface area contributed by atoms with E-state index in [1.807, 2.05) is 91.0 Å². The van der Waals surface area contributed by atoms with E-state index in [0.29, 0.717) is 16.7 Å². The Bertz CT molecular complexity index is 1430. The highest BCUT2D eigenvalue weighted by molar-refractivity contribution is 8.00. The van der Waals surface area contributed by atoms with Crippen LogP contribution in [0.15, 0.2) is 107 Å². The highest BCUT2D eigenvalue weighted by atomic mass is 32.2. The first kappa shape index (κ1) is 22.5. The lowest BCUT2D eigenvalue weighted by molar-refractivity contribution is -0.115. The van der Waals surface area contributed by atoms with Gasteiger partial charge >= 0.3 is 0 Å². The lowest BCUT2D eigenvalue weighted by Gasteiger charge is -2.09. The first-order chi connectivity index (χ1) is 17.1. The number of hydrogen-bond donors (Lipinski definition) is 3. The fourth-order valence-corrected chi connectivity index (χ4v) is 4.52. The van der Waals surface area contributed by atoms with Crippen LogP contribution < -0.4 is 10.9 Å². The van der Waals surface area contributed by atoms with Gasteiger partial charge < -0.3 is 10.3 Å². The molecule has 7 nitrogen and oxygen atoms in total. The maximum absolute atomic E-state index is 12.9. The van der Waals surface area contributed by atoms with Crippen LogP contribution in [0.3, 0.4) is 0 Å². The molecule has 35 heavy (non-hydrogen) atoms. The van der Waals surface area contributed by atoms with Gasteiger partial charge in [0.1, 0.15) is 5.82 Å². The third-order valence-corrected chi connectivity index (χ3v) is 6.43. The average Bonchev–Trinajstić information content (AvgIpc) is 3.48. The summed E-state index contributed by atoms with van der Waals surface area (Å²) in [5.41, 5.74) is 4.18. The third kappa shape index (κ3) is 4.97. The summed E-state index contributed by atoms with van der Waals surface area (Å²) in [6.07, 6.45) is 0. The molecular formula is C27H23N5O2S.